The Morgan fingerprint density at radius 3 is 2.46 bits per heavy atom. The van der Waals surface area contributed by atoms with E-state index in [1.807, 2.05) is 43.3 Å². The van der Waals surface area contributed by atoms with Gasteiger partial charge in [-0.3, -0.25) is 4.31 Å². The van der Waals surface area contributed by atoms with Crippen LogP contribution in [0.1, 0.15) is 16.7 Å². The first-order chi connectivity index (χ1) is 12.5. The van der Waals surface area contributed by atoms with E-state index in [4.69, 9.17) is 4.74 Å². The summed E-state index contributed by atoms with van der Waals surface area (Å²) >= 11 is 0. The molecule has 138 valence electrons. The van der Waals surface area contributed by atoms with Crippen molar-refractivity contribution >= 4 is 21.4 Å². The highest BCUT2D eigenvalue weighted by atomic mass is 32.2. The maximum Gasteiger partial charge on any atom is 0.239 e. The van der Waals surface area contributed by atoms with Gasteiger partial charge in [0.1, 0.15) is 0 Å². The minimum atomic E-state index is -3.38. The average Bonchev–Trinajstić information content (AvgIpc) is 3.08. The van der Waals surface area contributed by atoms with Crippen LogP contribution < -0.4 is 9.21 Å². The fraction of sp³-hybridized carbons (Fsp3) is 0.400. The van der Waals surface area contributed by atoms with E-state index in [-0.39, 0.29) is 5.75 Å². The minimum absolute atomic E-state index is 0.0396. The molecule has 0 spiro atoms. The molecular weight excluding hydrogens is 348 g/mol. The number of morpholine rings is 1. The van der Waals surface area contributed by atoms with Crippen molar-refractivity contribution in [3.63, 3.8) is 0 Å². The molecule has 5 nitrogen and oxygen atoms in total. The number of nitrogens with zero attached hydrogens (tertiary/aromatic N) is 2. The first-order valence-corrected chi connectivity index (χ1v) is 10.7. The SMILES string of the molecule is Cc1ccc(CS(=O)(=O)N2CCc3cc(N4CCOCC4)ccc32)cc1. The highest BCUT2D eigenvalue weighted by Gasteiger charge is 2.30. The van der Waals surface area contributed by atoms with E-state index in [9.17, 15) is 8.42 Å². The molecule has 0 atom stereocenters. The fourth-order valence-electron chi connectivity index (χ4n) is 3.64. The molecule has 6 heteroatoms. The molecule has 0 radical (unpaired) electrons. The summed E-state index contributed by atoms with van der Waals surface area (Å²) < 4.78 is 32.9. The third kappa shape index (κ3) is 3.44. The normalized spacial score (nSPS) is 17.4. The lowest BCUT2D eigenvalue weighted by Gasteiger charge is -2.29. The maximum atomic E-state index is 12.9. The molecule has 1 saturated heterocycles. The molecule has 0 unspecified atom stereocenters. The second-order valence-electron chi connectivity index (χ2n) is 6.98. The number of hydrogen-bond donors (Lipinski definition) is 0. The van der Waals surface area contributed by atoms with Crippen LogP contribution in [0.2, 0.25) is 0 Å². The third-order valence-electron chi connectivity index (χ3n) is 5.10. The Hall–Kier alpha value is -2.05. The lowest BCUT2D eigenvalue weighted by Crippen LogP contribution is -2.36. The van der Waals surface area contributed by atoms with Gasteiger partial charge in [0.2, 0.25) is 10.0 Å². The molecule has 2 aliphatic heterocycles. The van der Waals surface area contributed by atoms with Crippen molar-refractivity contribution in [2.24, 2.45) is 0 Å². The summed E-state index contributed by atoms with van der Waals surface area (Å²) in [4.78, 5) is 2.30. The Labute approximate surface area is 155 Å². The fourth-order valence-corrected chi connectivity index (χ4v) is 5.25. The van der Waals surface area contributed by atoms with Crippen LogP contribution in [0.3, 0.4) is 0 Å². The summed E-state index contributed by atoms with van der Waals surface area (Å²) in [6, 6.07) is 13.8. The highest BCUT2D eigenvalue weighted by molar-refractivity contribution is 7.92. The summed E-state index contributed by atoms with van der Waals surface area (Å²) in [6.45, 7) is 5.78. The van der Waals surface area contributed by atoms with E-state index in [1.165, 1.54) is 0 Å². The van der Waals surface area contributed by atoms with Gasteiger partial charge in [0.25, 0.3) is 0 Å². The molecular formula is C20H24N2O3S. The van der Waals surface area contributed by atoms with Crippen molar-refractivity contribution in [3.05, 3.63) is 59.2 Å². The topological polar surface area (TPSA) is 49.9 Å². The van der Waals surface area contributed by atoms with E-state index in [1.54, 1.807) is 4.31 Å². The highest BCUT2D eigenvalue weighted by Crippen LogP contribution is 2.34. The van der Waals surface area contributed by atoms with Gasteiger partial charge >= 0.3 is 0 Å². The number of sulfonamides is 1. The molecule has 0 aromatic heterocycles. The van der Waals surface area contributed by atoms with Crippen LogP contribution >= 0.6 is 0 Å². The third-order valence-corrected chi connectivity index (χ3v) is 6.85. The van der Waals surface area contributed by atoms with Crippen LogP contribution in [0.15, 0.2) is 42.5 Å². The number of benzene rings is 2. The molecule has 0 amide bonds. The first kappa shape index (κ1) is 17.4. The zero-order valence-electron chi connectivity index (χ0n) is 15.0. The summed E-state index contributed by atoms with van der Waals surface area (Å²) in [5.74, 6) is 0.0396. The van der Waals surface area contributed by atoms with E-state index in [0.29, 0.717) is 6.54 Å². The quantitative estimate of drug-likeness (QED) is 0.828. The lowest BCUT2D eigenvalue weighted by molar-refractivity contribution is 0.122. The van der Waals surface area contributed by atoms with Crippen molar-refractivity contribution in [1.82, 2.24) is 0 Å². The Kier molecular flexibility index (Phi) is 4.63. The molecule has 0 saturated carbocycles. The van der Waals surface area contributed by atoms with Gasteiger partial charge in [0, 0.05) is 25.3 Å². The zero-order valence-corrected chi connectivity index (χ0v) is 15.8. The van der Waals surface area contributed by atoms with Crippen LogP contribution in [0.5, 0.6) is 0 Å². The minimum Gasteiger partial charge on any atom is -0.378 e. The molecule has 4 rings (SSSR count). The molecule has 2 heterocycles. The Morgan fingerprint density at radius 1 is 1.00 bits per heavy atom. The van der Waals surface area contributed by atoms with Crippen molar-refractivity contribution in [2.45, 2.75) is 19.1 Å². The molecule has 26 heavy (non-hydrogen) atoms. The van der Waals surface area contributed by atoms with Gasteiger partial charge in [-0.15, -0.1) is 0 Å². The average molecular weight is 372 g/mol. The van der Waals surface area contributed by atoms with Crippen molar-refractivity contribution < 1.29 is 13.2 Å². The second-order valence-corrected chi connectivity index (χ2v) is 8.87. The molecule has 0 bridgehead atoms. The van der Waals surface area contributed by atoms with Crippen LogP contribution in [-0.2, 0) is 26.9 Å². The van der Waals surface area contributed by atoms with Crippen molar-refractivity contribution in [3.8, 4) is 0 Å². The number of fused-ring (bicyclic) bond motifs is 1. The van der Waals surface area contributed by atoms with E-state index < -0.39 is 10.0 Å². The van der Waals surface area contributed by atoms with Crippen LogP contribution in [-0.4, -0.2) is 41.3 Å². The number of hydrogen-bond acceptors (Lipinski definition) is 4. The monoisotopic (exact) mass is 372 g/mol. The van der Waals surface area contributed by atoms with E-state index in [2.05, 4.69) is 11.0 Å². The predicted molar refractivity (Wildman–Crippen MR) is 104 cm³/mol. The van der Waals surface area contributed by atoms with Gasteiger partial charge in [-0.05, 0) is 42.7 Å². The smallest absolute Gasteiger partial charge is 0.239 e. The van der Waals surface area contributed by atoms with Crippen molar-refractivity contribution in [1.29, 1.82) is 0 Å². The second kappa shape index (κ2) is 6.93. The number of anilines is 2. The molecule has 2 aliphatic rings. The van der Waals surface area contributed by atoms with Gasteiger partial charge in [-0.1, -0.05) is 29.8 Å². The van der Waals surface area contributed by atoms with E-state index in [0.717, 1.165) is 60.8 Å². The van der Waals surface area contributed by atoms with Gasteiger partial charge in [-0.2, -0.15) is 0 Å². The molecule has 0 aliphatic carbocycles. The van der Waals surface area contributed by atoms with Crippen LogP contribution in [0, 0.1) is 6.92 Å². The molecule has 0 N–H and O–H groups in total. The Morgan fingerprint density at radius 2 is 1.73 bits per heavy atom. The van der Waals surface area contributed by atoms with Crippen LogP contribution in [0.4, 0.5) is 11.4 Å². The summed E-state index contributed by atoms with van der Waals surface area (Å²) in [7, 11) is -3.38. The molecule has 1 fully saturated rings. The summed E-state index contributed by atoms with van der Waals surface area (Å²) in [5.41, 5.74) is 5.06. The van der Waals surface area contributed by atoms with Gasteiger partial charge in [-0.25, -0.2) is 8.42 Å². The zero-order chi connectivity index (χ0) is 18.1. The molecule has 2 aromatic rings. The first-order valence-electron chi connectivity index (χ1n) is 9.04. The molecule has 2 aromatic carbocycles. The number of ether oxygens (including phenoxy) is 1. The largest absolute Gasteiger partial charge is 0.378 e. The van der Waals surface area contributed by atoms with Gasteiger partial charge in [0.15, 0.2) is 0 Å². The Bertz CT molecular complexity index is 888. The van der Waals surface area contributed by atoms with Crippen molar-refractivity contribution in [2.75, 3.05) is 42.1 Å². The van der Waals surface area contributed by atoms with E-state index >= 15 is 0 Å². The number of rotatable bonds is 4. The maximum absolute atomic E-state index is 12.9. The van der Waals surface area contributed by atoms with Crippen LogP contribution in [0.25, 0.3) is 0 Å². The summed E-state index contributed by atoms with van der Waals surface area (Å²) in [6.07, 6.45) is 0.765. The van der Waals surface area contributed by atoms with Gasteiger partial charge in [0.05, 0.1) is 24.7 Å². The standard InChI is InChI=1S/C20H24N2O3S/c1-16-2-4-17(5-3-16)15-26(23,24)22-9-8-18-14-19(6-7-20(18)22)21-10-12-25-13-11-21/h2-7,14H,8-13,15H2,1H3. The number of aryl methyl sites for hydroxylation is 1. The summed E-state index contributed by atoms with van der Waals surface area (Å²) in [5, 5.41) is 0. The Balaban J connectivity index is 1.55. The predicted octanol–water partition coefficient (Wildman–Crippen LogP) is 2.72. The lowest BCUT2D eigenvalue weighted by atomic mass is 10.1. The van der Waals surface area contributed by atoms with Gasteiger partial charge < -0.3 is 9.64 Å².